The van der Waals surface area contributed by atoms with Gasteiger partial charge in [-0.3, -0.25) is 19.2 Å². The van der Waals surface area contributed by atoms with Crippen molar-refractivity contribution >= 4 is 29.7 Å². The molecule has 14 nitrogen and oxygen atoms in total. The number of carbonyl (C=O) groups excluding carboxylic acids is 5. The van der Waals surface area contributed by atoms with Gasteiger partial charge in [0.1, 0.15) is 36.3 Å². The summed E-state index contributed by atoms with van der Waals surface area (Å²) in [4.78, 5) is 65.9. The van der Waals surface area contributed by atoms with Crippen LogP contribution < -0.4 is 0 Å². The molecule has 48 heavy (non-hydrogen) atoms. The first-order valence-electron chi connectivity index (χ1n) is 16.5. The predicted molar refractivity (Wildman–Crippen MR) is 158 cm³/mol. The van der Waals surface area contributed by atoms with Crippen LogP contribution in [-0.4, -0.2) is 104 Å². The van der Waals surface area contributed by atoms with E-state index in [9.17, 15) is 44.4 Å². The molecular formula is C34H44O14. The lowest BCUT2D eigenvalue weighted by Gasteiger charge is -2.65. The Balaban J connectivity index is 1.51. The molecule has 4 N–H and O–H groups in total. The summed E-state index contributed by atoms with van der Waals surface area (Å²) in [5.74, 6) is -10.4. The highest BCUT2D eigenvalue weighted by atomic mass is 16.6. The van der Waals surface area contributed by atoms with E-state index in [0.717, 1.165) is 0 Å². The van der Waals surface area contributed by atoms with E-state index in [1.165, 1.54) is 40.7 Å². The molecule has 14 heteroatoms. The van der Waals surface area contributed by atoms with Gasteiger partial charge >= 0.3 is 23.9 Å². The van der Waals surface area contributed by atoms with Gasteiger partial charge in [-0.05, 0) is 33.3 Å². The SMILES string of the molecule is CC(=O)O[C@H]1[C@H]2[C@H]([C@@H]3[C@@H](O)C4[C@@H]([C@@]3(C)[C@H]1OC(C)=O)[C@](C)(O)C=C1OC(=O)[C@@](C)(O)[C@@]14C)[C@@H](O)C(=O)[C@H]1C[C@@H]3O[C@@H]3[C@H](OC(C)=O)[C@]21C. The van der Waals surface area contributed by atoms with Crippen molar-refractivity contribution in [3.63, 3.8) is 0 Å². The van der Waals surface area contributed by atoms with Crippen LogP contribution in [0.3, 0.4) is 0 Å². The second-order valence-electron chi connectivity index (χ2n) is 16.2. The average molecular weight is 677 g/mol. The summed E-state index contributed by atoms with van der Waals surface area (Å²) in [5, 5.41) is 48.7. The number of carbonyl (C=O) groups is 5. The van der Waals surface area contributed by atoms with E-state index in [1.54, 1.807) is 20.8 Å². The molecule has 7 aliphatic rings. The molecule has 1 unspecified atom stereocenters. The minimum Gasteiger partial charge on any atom is -0.459 e. The fourth-order valence-corrected chi connectivity index (χ4v) is 12.0. The lowest BCUT2D eigenvalue weighted by Crippen LogP contribution is -2.75. The van der Waals surface area contributed by atoms with Crippen molar-refractivity contribution in [1.82, 2.24) is 0 Å². The minimum atomic E-state index is -2.19. The Morgan fingerprint density at radius 1 is 0.833 bits per heavy atom. The molecule has 0 radical (unpaired) electrons. The zero-order chi connectivity index (χ0) is 35.4. The molecule has 2 aliphatic heterocycles. The van der Waals surface area contributed by atoms with Gasteiger partial charge in [0.2, 0.25) is 0 Å². The smallest absolute Gasteiger partial charge is 0.343 e. The monoisotopic (exact) mass is 676 g/mol. The predicted octanol–water partition coefficient (Wildman–Crippen LogP) is -0.0433. The summed E-state index contributed by atoms with van der Waals surface area (Å²) in [6, 6.07) is 0. The van der Waals surface area contributed by atoms with Crippen LogP contribution in [0, 0.1) is 51.8 Å². The van der Waals surface area contributed by atoms with E-state index >= 15 is 0 Å². The second-order valence-corrected chi connectivity index (χ2v) is 16.2. The fraction of sp³-hybridized carbons (Fsp3) is 0.794. The molecule has 0 aromatic heterocycles. The van der Waals surface area contributed by atoms with E-state index in [2.05, 4.69) is 0 Å². The van der Waals surface area contributed by atoms with E-state index in [-0.39, 0.29) is 12.2 Å². The highest BCUT2D eigenvalue weighted by molar-refractivity contribution is 5.88. The maximum atomic E-state index is 14.4. The first-order valence-corrected chi connectivity index (χ1v) is 16.5. The Labute approximate surface area is 277 Å². The normalized spacial score (nSPS) is 55.8. The van der Waals surface area contributed by atoms with Gasteiger partial charge in [0.15, 0.2) is 11.4 Å². The van der Waals surface area contributed by atoms with E-state index in [0.29, 0.717) is 0 Å². The van der Waals surface area contributed by atoms with Crippen molar-refractivity contribution < 1.29 is 68.1 Å². The number of Topliss-reactive ketones (excluding diaryl/α,β-unsaturated/α-hetero) is 1. The minimum absolute atomic E-state index is 0.0476. The summed E-state index contributed by atoms with van der Waals surface area (Å²) < 4.78 is 29.4. The van der Waals surface area contributed by atoms with Crippen molar-refractivity contribution in [2.75, 3.05) is 0 Å². The van der Waals surface area contributed by atoms with Crippen molar-refractivity contribution in [2.45, 2.75) is 116 Å². The molecule has 0 aromatic rings. The summed E-state index contributed by atoms with van der Waals surface area (Å²) in [6.45, 7) is 11.2. The number of epoxide rings is 1. The number of ketones is 1. The van der Waals surface area contributed by atoms with Crippen LogP contribution in [0.5, 0.6) is 0 Å². The molecule has 2 saturated heterocycles. The van der Waals surface area contributed by atoms with Crippen molar-refractivity contribution in [1.29, 1.82) is 0 Å². The Morgan fingerprint density at radius 2 is 1.42 bits per heavy atom. The number of esters is 4. The lowest BCUT2D eigenvalue weighted by molar-refractivity contribution is -0.276. The topological polar surface area (TPSA) is 216 Å². The number of aliphatic hydroxyl groups is 4. The van der Waals surface area contributed by atoms with Gasteiger partial charge in [0.25, 0.3) is 0 Å². The lowest BCUT2D eigenvalue weighted by atomic mass is 9.41. The van der Waals surface area contributed by atoms with Crippen LogP contribution in [0.1, 0.15) is 61.8 Å². The largest absolute Gasteiger partial charge is 0.459 e. The number of fused-ring (bicyclic) bond motifs is 10. The maximum Gasteiger partial charge on any atom is 0.343 e. The first-order chi connectivity index (χ1) is 22.1. The Bertz CT molecular complexity index is 1550. The number of hydrogen-bond acceptors (Lipinski definition) is 14. The van der Waals surface area contributed by atoms with Gasteiger partial charge in [0.05, 0.1) is 23.2 Å². The fourth-order valence-electron chi connectivity index (χ4n) is 12.0. The molecule has 0 spiro atoms. The van der Waals surface area contributed by atoms with E-state index in [1.807, 2.05) is 0 Å². The summed E-state index contributed by atoms with van der Waals surface area (Å²) in [5.41, 5.74) is -8.62. The number of ether oxygens (including phenoxy) is 5. The third-order valence-electron chi connectivity index (χ3n) is 13.8. The molecule has 5 aliphatic carbocycles. The molecule has 0 amide bonds. The van der Waals surface area contributed by atoms with E-state index < -0.39 is 135 Å². The first kappa shape index (κ1) is 33.6. The molecule has 2 heterocycles. The van der Waals surface area contributed by atoms with Crippen molar-refractivity contribution in [3.05, 3.63) is 11.8 Å². The molecule has 0 aromatic carbocycles. The van der Waals surface area contributed by atoms with Gasteiger partial charge in [-0.2, -0.15) is 0 Å². The third-order valence-corrected chi connectivity index (χ3v) is 13.8. The third kappa shape index (κ3) is 3.83. The molecule has 6 fully saturated rings. The Kier molecular flexibility index (Phi) is 6.90. The van der Waals surface area contributed by atoms with Crippen molar-refractivity contribution in [3.8, 4) is 0 Å². The Hall–Kier alpha value is -2.91. The highest BCUT2D eigenvalue weighted by Crippen LogP contribution is 2.76. The van der Waals surface area contributed by atoms with Crippen LogP contribution in [0.4, 0.5) is 0 Å². The van der Waals surface area contributed by atoms with Gasteiger partial charge in [-0.1, -0.05) is 13.8 Å². The maximum absolute atomic E-state index is 14.4. The van der Waals surface area contributed by atoms with Crippen LogP contribution in [0.25, 0.3) is 0 Å². The van der Waals surface area contributed by atoms with Crippen LogP contribution in [0.15, 0.2) is 11.8 Å². The van der Waals surface area contributed by atoms with Gasteiger partial charge in [0, 0.05) is 67.1 Å². The van der Waals surface area contributed by atoms with Crippen LogP contribution in [-0.2, 0) is 47.7 Å². The standard InChI is InChI=1S/C34H44O14/c1-11(35)44-25-19-17(22(39)21(38)14-9-15-24(47-15)27(31(14,19)5)45-12(2)36)18-23(40)20-26(32(18,6)28(25)46-13(3)37)30(4,42)10-16-33(20,7)34(8,43)29(41)48-16/h10,14-15,17-20,22-28,39-40,42-43H,9H2,1-8H3/t14-,15+,17+,18-,19-,20?,22-,23-,24+,25+,26-,27+,28+,30-,31+,32+,33+,34-/m1/s1. The average Bonchev–Trinajstić information content (AvgIpc) is 3.65. The molecule has 264 valence electrons. The molecule has 18 atom stereocenters. The highest BCUT2D eigenvalue weighted by Gasteiger charge is 2.84. The van der Waals surface area contributed by atoms with Gasteiger partial charge in [-0.15, -0.1) is 0 Å². The van der Waals surface area contributed by atoms with Crippen molar-refractivity contribution in [2.24, 2.45) is 51.8 Å². The molecule has 7 rings (SSSR count). The molecule has 0 bridgehead atoms. The van der Waals surface area contributed by atoms with Crippen LogP contribution >= 0.6 is 0 Å². The summed E-state index contributed by atoms with van der Waals surface area (Å²) in [7, 11) is 0. The van der Waals surface area contributed by atoms with E-state index in [4.69, 9.17) is 23.7 Å². The number of rotatable bonds is 3. The quantitative estimate of drug-likeness (QED) is 0.175. The molecule has 4 saturated carbocycles. The van der Waals surface area contributed by atoms with Gasteiger partial charge < -0.3 is 44.1 Å². The van der Waals surface area contributed by atoms with Gasteiger partial charge in [-0.25, -0.2) is 4.79 Å². The second kappa shape index (κ2) is 9.87. The zero-order valence-corrected chi connectivity index (χ0v) is 28.2. The molecular weight excluding hydrogens is 632 g/mol. The Morgan fingerprint density at radius 3 is 2.00 bits per heavy atom. The summed E-state index contributed by atoms with van der Waals surface area (Å²) in [6.07, 6.45) is -6.56. The van der Waals surface area contributed by atoms with Crippen LogP contribution in [0.2, 0.25) is 0 Å². The zero-order valence-electron chi connectivity index (χ0n) is 28.2. The number of hydrogen-bond donors (Lipinski definition) is 4. The summed E-state index contributed by atoms with van der Waals surface area (Å²) >= 11 is 0. The number of aliphatic hydroxyl groups excluding tert-OH is 2.